The zero-order valence-electron chi connectivity index (χ0n) is 11.3. The molecule has 1 aromatic carbocycles. The lowest BCUT2D eigenvalue weighted by molar-refractivity contribution is 0.0159. The highest BCUT2D eigenvalue weighted by molar-refractivity contribution is 5.60. The number of nitriles is 1. The zero-order chi connectivity index (χ0) is 13.7. The lowest BCUT2D eigenvalue weighted by atomic mass is 10.0. The Kier molecular flexibility index (Phi) is 4.78. The van der Waals surface area contributed by atoms with Crippen LogP contribution in [-0.4, -0.2) is 37.5 Å². The average Bonchev–Trinajstić information content (AvgIpc) is 2.45. The summed E-state index contributed by atoms with van der Waals surface area (Å²) in [5.41, 5.74) is 2.94. The maximum absolute atomic E-state index is 9.18. The molecule has 0 saturated carbocycles. The van der Waals surface area contributed by atoms with Gasteiger partial charge < -0.3 is 14.7 Å². The van der Waals surface area contributed by atoms with Gasteiger partial charge in [0.15, 0.2) is 0 Å². The number of hydrogen-bond acceptors (Lipinski definition) is 4. The Labute approximate surface area is 114 Å². The molecule has 1 aliphatic rings. The van der Waals surface area contributed by atoms with E-state index in [1.54, 1.807) is 0 Å². The standard InChI is InChI=1S/C15H20N2O2/c1-12-2-3-13(11-16)15(10-12)17-6-4-14(5-7-17)19-9-8-18/h2-3,10,14,18H,4-9H2,1H3. The van der Waals surface area contributed by atoms with Crippen LogP contribution >= 0.6 is 0 Å². The van der Waals surface area contributed by atoms with E-state index in [0.29, 0.717) is 6.61 Å². The summed E-state index contributed by atoms with van der Waals surface area (Å²) in [4.78, 5) is 2.25. The zero-order valence-corrected chi connectivity index (χ0v) is 11.3. The minimum Gasteiger partial charge on any atom is -0.394 e. The van der Waals surface area contributed by atoms with Crippen LogP contribution in [0.3, 0.4) is 0 Å². The van der Waals surface area contributed by atoms with E-state index in [0.717, 1.165) is 37.2 Å². The highest BCUT2D eigenvalue weighted by atomic mass is 16.5. The molecule has 0 atom stereocenters. The van der Waals surface area contributed by atoms with E-state index in [1.807, 2.05) is 19.1 Å². The maximum atomic E-state index is 9.18. The van der Waals surface area contributed by atoms with E-state index in [4.69, 9.17) is 9.84 Å². The number of aryl methyl sites for hydroxylation is 1. The molecule has 102 valence electrons. The van der Waals surface area contributed by atoms with Gasteiger partial charge in [0, 0.05) is 13.1 Å². The molecule has 4 heteroatoms. The molecule has 1 aliphatic heterocycles. The lowest BCUT2D eigenvalue weighted by Gasteiger charge is -2.34. The fraction of sp³-hybridized carbons (Fsp3) is 0.533. The van der Waals surface area contributed by atoms with Crippen LogP contribution in [0.15, 0.2) is 18.2 Å². The average molecular weight is 260 g/mol. The minimum absolute atomic E-state index is 0.0800. The van der Waals surface area contributed by atoms with Crippen LogP contribution in [0.5, 0.6) is 0 Å². The fourth-order valence-corrected chi connectivity index (χ4v) is 2.48. The molecule has 0 radical (unpaired) electrons. The van der Waals surface area contributed by atoms with Gasteiger partial charge in [0.25, 0.3) is 0 Å². The normalized spacial score (nSPS) is 16.4. The summed E-state index contributed by atoms with van der Waals surface area (Å²) in [7, 11) is 0. The van der Waals surface area contributed by atoms with Crippen LogP contribution in [0.25, 0.3) is 0 Å². The van der Waals surface area contributed by atoms with Crippen molar-refractivity contribution in [3.63, 3.8) is 0 Å². The van der Waals surface area contributed by atoms with E-state index >= 15 is 0 Å². The molecule has 0 amide bonds. The largest absolute Gasteiger partial charge is 0.394 e. The van der Waals surface area contributed by atoms with Gasteiger partial charge in [-0.05, 0) is 37.5 Å². The van der Waals surface area contributed by atoms with Crippen molar-refractivity contribution >= 4 is 5.69 Å². The van der Waals surface area contributed by atoms with Gasteiger partial charge in [0.05, 0.1) is 30.6 Å². The van der Waals surface area contributed by atoms with Crippen LogP contribution < -0.4 is 4.90 Å². The third-order valence-electron chi connectivity index (χ3n) is 3.50. The Bertz CT molecular complexity index is 460. The van der Waals surface area contributed by atoms with E-state index in [9.17, 15) is 5.26 Å². The summed E-state index contributed by atoms with van der Waals surface area (Å²) < 4.78 is 5.55. The molecule has 0 bridgehead atoms. The van der Waals surface area contributed by atoms with Crippen molar-refractivity contribution in [3.05, 3.63) is 29.3 Å². The molecule has 2 rings (SSSR count). The van der Waals surface area contributed by atoms with Crippen LogP contribution in [0, 0.1) is 18.3 Å². The summed E-state index contributed by atoms with van der Waals surface area (Å²) in [6, 6.07) is 8.20. The van der Waals surface area contributed by atoms with Gasteiger partial charge in [-0.25, -0.2) is 0 Å². The first-order chi connectivity index (χ1) is 9.24. The molecule has 1 saturated heterocycles. The van der Waals surface area contributed by atoms with Gasteiger partial charge >= 0.3 is 0 Å². The van der Waals surface area contributed by atoms with E-state index < -0.39 is 0 Å². The number of piperidine rings is 1. The van der Waals surface area contributed by atoms with Crippen LogP contribution in [0.4, 0.5) is 5.69 Å². The molecule has 0 aromatic heterocycles. The molecule has 0 aliphatic carbocycles. The molecule has 19 heavy (non-hydrogen) atoms. The minimum atomic E-state index is 0.0800. The van der Waals surface area contributed by atoms with Crippen molar-refractivity contribution in [1.29, 1.82) is 5.26 Å². The van der Waals surface area contributed by atoms with Crippen LogP contribution in [0.2, 0.25) is 0 Å². The van der Waals surface area contributed by atoms with Crippen molar-refractivity contribution in [2.45, 2.75) is 25.9 Å². The van der Waals surface area contributed by atoms with Crippen LogP contribution in [0.1, 0.15) is 24.0 Å². The van der Waals surface area contributed by atoms with Crippen molar-refractivity contribution in [1.82, 2.24) is 0 Å². The summed E-state index contributed by atoms with van der Waals surface area (Å²) >= 11 is 0. The quantitative estimate of drug-likeness (QED) is 0.897. The number of hydrogen-bond donors (Lipinski definition) is 1. The van der Waals surface area contributed by atoms with E-state index in [-0.39, 0.29) is 12.7 Å². The molecule has 1 N–H and O–H groups in total. The molecule has 1 heterocycles. The summed E-state index contributed by atoms with van der Waals surface area (Å²) in [6.07, 6.45) is 2.12. The molecule has 4 nitrogen and oxygen atoms in total. The van der Waals surface area contributed by atoms with Crippen LogP contribution in [-0.2, 0) is 4.74 Å². The fourth-order valence-electron chi connectivity index (χ4n) is 2.48. The molecular weight excluding hydrogens is 240 g/mol. The second kappa shape index (κ2) is 6.55. The second-order valence-electron chi connectivity index (χ2n) is 4.91. The Balaban J connectivity index is 2.01. The highest BCUT2D eigenvalue weighted by Gasteiger charge is 2.21. The van der Waals surface area contributed by atoms with Crippen molar-refractivity contribution in [3.8, 4) is 6.07 Å². The van der Waals surface area contributed by atoms with E-state index in [1.165, 1.54) is 5.56 Å². The number of aliphatic hydroxyl groups excluding tert-OH is 1. The smallest absolute Gasteiger partial charge is 0.101 e. The Morgan fingerprint density at radius 3 is 2.79 bits per heavy atom. The Hall–Kier alpha value is -1.57. The first-order valence-electron chi connectivity index (χ1n) is 6.72. The highest BCUT2D eigenvalue weighted by Crippen LogP contribution is 2.25. The first-order valence-corrected chi connectivity index (χ1v) is 6.72. The van der Waals surface area contributed by atoms with Crippen molar-refractivity contribution in [2.24, 2.45) is 0 Å². The van der Waals surface area contributed by atoms with Gasteiger partial charge in [0.1, 0.15) is 6.07 Å². The molecule has 0 spiro atoms. The SMILES string of the molecule is Cc1ccc(C#N)c(N2CCC(OCCO)CC2)c1. The predicted octanol–water partition coefficient (Wildman–Crippen LogP) is 1.84. The van der Waals surface area contributed by atoms with E-state index in [2.05, 4.69) is 17.0 Å². The van der Waals surface area contributed by atoms with Gasteiger partial charge in [-0.3, -0.25) is 0 Å². The Morgan fingerprint density at radius 2 is 2.16 bits per heavy atom. The number of nitrogens with zero attached hydrogens (tertiary/aromatic N) is 2. The first kappa shape index (κ1) is 13.9. The topological polar surface area (TPSA) is 56.5 Å². The van der Waals surface area contributed by atoms with Gasteiger partial charge in [-0.2, -0.15) is 5.26 Å². The molecular formula is C15H20N2O2. The summed E-state index contributed by atoms with van der Waals surface area (Å²) in [6.45, 7) is 4.33. The second-order valence-corrected chi connectivity index (χ2v) is 4.91. The number of anilines is 1. The van der Waals surface area contributed by atoms with Crippen molar-refractivity contribution in [2.75, 3.05) is 31.2 Å². The third-order valence-corrected chi connectivity index (χ3v) is 3.50. The number of aliphatic hydroxyl groups is 1. The molecule has 0 unspecified atom stereocenters. The lowest BCUT2D eigenvalue weighted by Crippen LogP contribution is -2.37. The predicted molar refractivity (Wildman–Crippen MR) is 74.2 cm³/mol. The monoisotopic (exact) mass is 260 g/mol. The number of rotatable bonds is 4. The molecule has 1 aromatic rings. The molecule has 1 fully saturated rings. The van der Waals surface area contributed by atoms with Gasteiger partial charge in [-0.1, -0.05) is 6.07 Å². The van der Waals surface area contributed by atoms with Gasteiger partial charge in [-0.15, -0.1) is 0 Å². The number of ether oxygens (including phenoxy) is 1. The van der Waals surface area contributed by atoms with Gasteiger partial charge in [0.2, 0.25) is 0 Å². The summed E-state index contributed by atoms with van der Waals surface area (Å²) in [5, 5.41) is 17.9. The van der Waals surface area contributed by atoms with Crippen molar-refractivity contribution < 1.29 is 9.84 Å². The summed E-state index contributed by atoms with van der Waals surface area (Å²) in [5.74, 6) is 0. The Morgan fingerprint density at radius 1 is 1.42 bits per heavy atom. The maximum Gasteiger partial charge on any atom is 0.101 e. The number of benzene rings is 1. The third kappa shape index (κ3) is 3.46.